The summed E-state index contributed by atoms with van der Waals surface area (Å²) in [7, 11) is 0. The van der Waals surface area contributed by atoms with Crippen molar-refractivity contribution < 1.29 is 4.79 Å². The fraction of sp³-hybridized carbons (Fsp3) is 0.900. The molecule has 74 valence electrons. The maximum absolute atomic E-state index is 10.4. The molecule has 0 aliphatic heterocycles. The number of hydrogen-bond donors (Lipinski definition) is 1. The SMILES string of the molecule is CC.CCCCCCNC(C)=O. The van der Waals surface area contributed by atoms with Crippen LogP contribution in [0.2, 0.25) is 0 Å². The molecule has 0 atom stereocenters. The molecule has 0 aromatic carbocycles. The van der Waals surface area contributed by atoms with Crippen molar-refractivity contribution in [2.45, 2.75) is 53.4 Å². The second-order valence-electron chi connectivity index (χ2n) is 2.54. The first-order valence-corrected chi connectivity index (χ1v) is 5.01. The summed E-state index contributed by atoms with van der Waals surface area (Å²) in [6.07, 6.45) is 4.88. The van der Waals surface area contributed by atoms with Gasteiger partial charge in [0.05, 0.1) is 0 Å². The van der Waals surface area contributed by atoms with E-state index in [2.05, 4.69) is 12.2 Å². The minimum Gasteiger partial charge on any atom is -0.356 e. The maximum atomic E-state index is 10.4. The molecular weight excluding hydrogens is 150 g/mol. The van der Waals surface area contributed by atoms with Gasteiger partial charge in [0.15, 0.2) is 0 Å². The summed E-state index contributed by atoms with van der Waals surface area (Å²) in [6.45, 7) is 8.58. The normalized spacial score (nSPS) is 8.33. The summed E-state index contributed by atoms with van der Waals surface area (Å²) in [6, 6.07) is 0. The predicted octanol–water partition coefficient (Wildman–Crippen LogP) is 2.73. The second-order valence-corrected chi connectivity index (χ2v) is 2.54. The molecular formula is C10H23NO. The van der Waals surface area contributed by atoms with E-state index < -0.39 is 0 Å². The minimum absolute atomic E-state index is 0.0801. The van der Waals surface area contributed by atoms with E-state index in [1.165, 1.54) is 19.3 Å². The minimum atomic E-state index is 0.0801. The van der Waals surface area contributed by atoms with Crippen LogP contribution in [0.25, 0.3) is 0 Å². The zero-order valence-electron chi connectivity index (χ0n) is 8.94. The first kappa shape index (κ1) is 14.0. The van der Waals surface area contributed by atoms with Crippen LogP contribution in [0.4, 0.5) is 0 Å². The van der Waals surface area contributed by atoms with E-state index in [4.69, 9.17) is 0 Å². The summed E-state index contributed by atoms with van der Waals surface area (Å²) in [5, 5.41) is 2.77. The fourth-order valence-corrected chi connectivity index (χ4v) is 0.816. The third-order valence-corrected chi connectivity index (χ3v) is 1.40. The lowest BCUT2D eigenvalue weighted by atomic mass is 10.2. The topological polar surface area (TPSA) is 29.1 Å². The van der Waals surface area contributed by atoms with Gasteiger partial charge in [-0.3, -0.25) is 4.79 Å². The van der Waals surface area contributed by atoms with E-state index in [9.17, 15) is 4.79 Å². The number of rotatable bonds is 5. The van der Waals surface area contributed by atoms with Crippen molar-refractivity contribution in [1.82, 2.24) is 5.32 Å². The smallest absolute Gasteiger partial charge is 0.216 e. The van der Waals surface area contributed by atoms with Crippen LogP contribution in [0.1, 0.15) is 53.4 Å². The van der Waals surface area contributed by atoms with Gasteiger partial charge in [-0.15, -0.1) is 0 Å². The summed E-state index contributed by atoms with van der Waals surface area (Å²) in [5.41, 5.74) is 0. The lowest BCUT2D eigenvalue weighted by Gasteiger charge is -1.99. The van der Waals surface area contributed by atoms with Crippen LogP contribution in [0.5, 0.6) is 0 Å². The Morgan fingerprint density at radius 1 is 1.17 bits per heavy atom. The second kappa shape index (κ2) is 13.1. The molecule has 0 aromatic rings. The van der Waals surface area contributed by atoms with Crippen molar-refractivity contribution in [3.8, 4) is 0 Å². The van der Waals surface area contributed by atoms with Gasteiger partial charge in [0.2, 0.25) is 5.91 Å². The number of carbonyl (C=O) groups excluding carboxylic acids is 1. The Kier molecular flexibility index (Phi) is 15.3. The molecule has 0 fully saturated rings. The monoisotopic (exact) mass is 173 g/mol. The van der Waals surface area contributed by atoms with Gasteiger partial charge in [-0.05, 0) is 6.42 Å². The average molecular weight is 173 g/mol. The predicted molar refractivity (Wildman–Crippen MR) is 54.2 cm³/mol. The Morgan fingerprint density at radius 3 is 2.17 bits per heavy atom. The van der Waals surface area contributed by atoms with Crippen LogP contribution < -0.4 is 5.32 Å². The molecule has 2 heteroatoms. The third kappa shape index (κ3) is 16.2. The third-order valence-electron chi connectivity index (χ3n) is 1.40. The molecule has 0 saturated heterocycles. The Balaban J connectivity index is 0. The summed E-state index contributed by atoms with van der Waals surface area (Å²) in [5.74, 6) is 0.0801. The van der Waals surface area contributed by atoms with E-state index >= 15 is 0 Å². The van der Waals surface area contributed by atoms with Crippen molar-refractivity contribution in [3.05, 3.63) is 0 Å². The highest BCUT2D eigenvalue weighted by Crippen LogP contribution is 1.96. The van der Waals surface area contributed by atoms with Crippen molar-refractivity contribution in [3.63, 3.8) is 0 Å². The number of hydrogen-bond acceptors (Lipinski definition) is 1. The van der Waals surface area contributed by atoms with Crippen LogP contribution in [0.3, 0.4) is 0 Å². The number of carbonyl (C=O) groups is 1. The summed E-state index contributed by atoms with van der Waals surface area (Å²) < 4.78 is 0. The highest BCUT2D eigenvalue weighted by Gasteiger charge is 1.89. The van der Waals surface area contributed by atoms with E-state index in [1.54, 1.807) is 6.92 Å². The van der Waals surface area contributed by atoms with Gasteiger partial charge in [-0.25, -0.2) is 0 Å². The van der Waals surface area contributed by atoms with Crippen molar-refractivity contribution >= 4 is 5.91 Å². The molecule has 2 nitrogen and oxygen atoms in total. The fourth-order valence-electron chi connectivity index (χ4n) is 0.816. The van der Waals surface area contributed by atoms with Gasteiger partial charge in [0.25, 0.3) is 0 Å². The first-order valence-electron chi connectivity index (χ1n) is 5.01. The van der Waals surface area contributed by atoms with Crippen molar-refractivity contribution in [2.75, 3.05) is 6.54 Å². The first-order chi connectivity index (χ1) is 5.77. The zero-order chi connectivity index (χ0) is 9.82. The van der Waals surface area contributed by atoms with E-state index in [0.717, 1.165) is 13.0 Å². The molecule has 0 aliphatic rings. The van der Waals surface area contributed by atoms with Gasteiger partial charge in [-0.1, -0.05) is 40.0 Å². The molecule has 1 N–H and O–H groups in total. The average Bonchev–Trinajstić information content (AvgIpc) is 2.07. The van der Waals surface area contributed by atoms with Crippen LogP contribution in [-0.2, 0) is 4.79 Å². The summed E-state index contributed by atoms with van der Waals surface area (Å²) >= 11 is 0. The van der Waals surface area contributed by atoms with Gasteiger partial charge < -0.3 is 5.32 Å². The number of amides is 1. The Hall–Kier alpha value is -0.530. The maximum Gasteiger partial charge on any atom is 0.216 e. The lowest BCUT2D eigenvalue weighted by molar-refractivity contribution is -0.118. The highest BCUT2D eigenvalue weighted by molar-refractivity contribution is 5.72. The quantitative estimate of drug-likeness (QED) is 0.636. The summed E-state index contributed by atoms with van der Waals surface area (Å²) in [4.78, 5) is 10.4. The van der Waals surface area contributed by atoms with Gasteiger partial charge in [0, 0.05) is 13.5 Å². The van der Waals surface area contributed by atoms with Crippen LogP contribution >= 0.6 is 0 Å². The Bertz CT molecular complexity index is 91.8. The molecule has 0 rings (SSSR count). The Labute approximate surface area is 76.7 Å². The highest BCUT2D eigenvalue weighted by atomic mass is 16.1. The molecule has 1 amide bonds. The number of nitrogens with one attached hydrogen (secondary N) is 1. The lowest BCUT2D eigenvalue weighted by Crippen LogP contribution is -2.20. The van der Waals surface area contributed by atoms with Crippen molar-refractivity contribution in [1.29, 1.82) is 0 Å². The molecule has 0 heterocycles. The standard InChI is InChI=1S/C8H17NO.C2H6/c1-3-4-5-6-7-9-8(2)10;1-2/h3-7H2,1-2H3,(H,9,10);1-2H3. The van der Waals surface area contributed by atoms with Crippen LogP contribution in [0, 0.1) is 0 Å². The molecule has 0 unspecified atom stereocenters. The largest absolute Gasteiger partial charge is 0.356 e. The molecule has 0 bridgehead atoms. The van der Waals surface area contributed by atoms with Crippen LogP contribution in [-0.4, -0.2) is 12.5 Å². The Morgan fingerprint density at radius 2 is 1.75 bits per heavy atom. The molecule has 0 aliphatic carbocycles. The van der Waals surface area contributed by atoms with Gasteiger partial charge in [0.1, 0.15) is 0 Å². The molecule has 0 radical (unpaired) electrons. The van der Waals surface area contributed by atoms with Gasteiger partial charge >= 0.3 is 0 Å². The molecule has 0 spiro atoms. The zero-order valence-corrected chi connectivity index (χ0v) is 8.94. The molecule has 0 aromatic heterocycles. The molecule has 12 heavy (non-hydrogen) atoms. The van der Waals surface area contributed by atoms with E-state index in [0.29, 0.717) is 0 Å². The van der Waals surface area contributed by atoms with Gasteiger partial charge in [-0.2, -0.15) is 0 Å². The number of unbranched alkanes of at least 4 members (excludes halogenated alkanes) is 3. The van der Waals surface area contributed by atoms with E-state index in [-0.39, 0.29) is 5.91 Å². The molecule has 0 saturated carbocycles. The van der Waals surface area contributed by atoms with E-state index in [1.807, 2.05) is 13.8 Å². The van der Waals surface area contributed by atoms with Crippen LogP contribution in [0.15, 0.2) is 0 Å². The van der Waals surface area contributed by atoms with Crippen molar-refractivity contribution in [2.24, 2.45) is 0 Å².